The molecule has 3 aromatic rings. The Morgan fingerprint density at radius 2 is 2.10 bits per heavy atom. The number of ether oxygens (including phenoxy) is 1. The molecular weight excluding hydrogens is 296 g/mol. The summed E-state index contributed by atoms with van der Waals surface area (Å²) in [5.41, 5.74) is 0.687. The van der Waals surface area contributed by atoms with Crippen LogP contribution in [0.5, 0.6) is 5.75 Å². The zero-order chi connectivity index (χ0) is 14.1. The first-order valence-electron chi connectivity index (χ1n) is 5.91. The van der Waals surface area contributed by atoms with Gasteiger partial charge in [0.1, 0.15) is 5.75 Å². The number of nitrogens with one attached hydrogen (secondary N) is 1. The van der Waals surface area contributed by atoms with E-state index < -0.39 is 0 Å². The van der Waals surface area contributed by atoms with Gasteiger partial charge in [0, 0.05) is 5.56 Å². The maximum Gasteiger partial charge on any atom is 0.300 e. The molecule has 1 N–H and O–H groups in total. The van der Waals surface area contributed by atoms with E-state index in [1.54, 1.807) is 24.3 Å². The van der Waals surface area contributed by atoms with Crippen molar-refractivity contribution >= 4 is 28.5 Å². The normalized spacial score (nSPS) is 10.8. The molecule has 6 nitrogen and oxygen atoms in total. The topological polar surface area (TPSA) is 72.3 Å². The van der Waals surface area contributed by atoms with Crippen molar-refractivity contribution in [2.45, 2.75) is 6.92 Å². The number of benzene rings is 1. The van der Waals surface area contributed by atoms with Crippen molar-refractivity contribution in [2.75, 3.05) is 6.61 Å². The van der Waals surface area contributed by atoms with E-state index in [4.69, 9.17) is 17.0 Å². The molecule has 0 aliphatic rings. The van der Waals surface area contributed by atoms with E-state index in [2.05, 4.69) is 15.3 Å². The summed E-state index contributed by atoms with van der Waals surface area (Å²) in [6.45, 7) is 2.51. The van der Waals surface area contributed by atoms with Crippen molar-refractivity contribution in [2.24, 2.45) is 0 Å². The van der Waals surface area contributed by atoms with Gasteiger partial charge < -0.3 is 4.74 Å². The van der Waals surface area contributed by atoms with Crippen LogP contribution >= 0.6 is 23.6 Å². The average Bonchev–Trinajstić information content (AvgIpc) is 2.82. The first-order valence-corrected chi connectivity index (χ1v) is 7.13. The number of aromatic nitrogens is 4. The van der Waals surface area contributed by atoms with Gasteiger partial charge in [0.15, 0.2) is 9.65 Å². The van der Waals surface area contributed by atoms with E-state index in [0.29, 0.717) is 21.1 Å². The van der Waals surface area contributed by atoms with E-state index >= 15 is 0 Å². The second-order valence-corrected chi connectivity index (χ2v) is 5.57. The summed E-state index contributed by atoms with van der Waals surface area (Å²) in [5, 5.41) is 10.8. The average molecular weight is 306 g/mol. The van der Waals surface area contributed by atoms with Gasteiger partial charge in [0.25, 0.3) is 5.56 Å². The molecule has 0 saturated heterocycles. The van der Waals surface area contributed by atoms with Gasteiger partial charge in [0.2, 0.25) is 4.96 Å². The van der Waals surface area contributed by atoms with Crippen LogP contribution in [0.2, 0.25) is 0 Å². The van der Waals surface area contributed by atoms with Crippen molar-refractivity contribution in [3.8, 4) is 17.0 Å². The molecule has 0 amide bonds. The Balaban J connectivity index is 2.11. The zero-order valence-electron chi connectivity index (χ0n) is 10.5. The molecule has 0 saturated carbocycles. The summed E-state index contributed by atoms with van der Waals surface area (Å²) in [5.74, 6) is 0.750. The minimum atomic E-state index is -0.272. The van der Waals surface area contributed by atoms with Crippen molar-refractivity contribution in [1.29, 1.82) is 0 Å². The second kappa shape index (κ2) is 5.14. The minimum Gasteiger partial charge on any atom is -0.494 e. The third-order valence-electron chi connectivity index (χ3n) is 2.66. The van der Waals surface area contributed by atoms with Crippen LogP contribution in [0.15, 0.2) is 29.1 Å². The highest BCUT2D eigenvalue weighted by Gasteiger charge is 2.11. The van der Waals surface area contributed by atoms with Crippen LogP contribution in [-0.2, 0) is 0 Å². The Labute approximate surface area is 122 Å². The number of nitrogens with zero attached hydrogens (tertiary/aromatic N) is 3. The number of aromatic amines is 1. The van der Waals surface area contributed by atoms with Gasteiger partial charge in [-0.3, -0.25) is 9.89 Å². The lowest BCUT2D eigenvalue weighted by Crippen LogP contribution is -2.18. The summed E-state index contributed by atoms with van der Waals surface area (Å²) in [4.78, 5) is 12.8. The monoisotopic (exact) mass is 306 g/mol. The molecule has 0 fully saturated rings. The van der Waals surface area contributed by atoms with Crippen molar-refractivity contribution < 1.29 is 4.74 Å². The molecule has 0 unspecified atom stereocenters. The number of fused-ring (bicyclic) bond motifs is 1. The van der Waals surface area contributed by atoms with Crippen LogP contribution in [0.4, 0.5) is 0 Å². The largest absolute Gasteiger partial charge is 0.494 e. The Bertz CT molecular complexity index is 864. The zero-order valence-corrected chi connectivity index (χ0v) is 12.1. The Morgan fingerprint density at radius 1 is 1.35 bits per heavy atom. The number of H-pyrrole nitrogens is 1. The summed E-state index contributed by atoms with van der Waals surface area (Å²) in [7, 11) is 0. The number of hydrogen-bond donors (Lipinski definition) is 1. The molecule has 102 valence electrons. The lowest BCUT2D eigenvalue weighted by Gasteiger charge is -2.03. The molecule has 0 atom stereocenters. The second-order valence-electron chi connectivity index (χ2n) is 3.93. The van der Waals surface area contributed by atoms with E-state index in [1.165, 1.54) is 15.9 Å². The van der Waals surface area contributed by atoms with Crippen LogP contribution in [0, 0.1) is 3.95 Å². The highest BCUT2D eigenvalue weighted by atomic mass is 32.1. The van der Waals surface area contributed by atoms with E-state index in [-0.39, 0.29) is 11.3 Å². The highest BCUT2D eigenvalue weighted by Crippen LogP contribution is 2.18. The lowest BCUT2D eigenvalue weighted by atomic mass is 10.1. The van der Waals surface area contributed by atoms with Gasteiger partial charge in [-0.05, 0) is 43.4 Å². The van der Waals surface area contributed by atoms with Crippen molar-refractivity contribution in [1.82, 2.24) is 19.8 Å². The third kappa shape index (κ3) is 2.23. The standard InChI is InChI=1S/C12H10N4O2S2/c1-2-18-8-5-3-7(4-6-8)9-10(17)16-11(14-13-9)20-12(19)15-16/h3-6H,2H2,1H3,(H,15,19). The molecule has 0 bridgehead atoms. The molecule has 0 radical (unpaired) electrons. The van der Waals surface area contributed by atoms with E-state index in [1.807, 2.05) is 6.92 Å². The van der Waals surface area contributed by atoms with Gasteiger partial charge >= 0.3 is 0 Å². The van der Waals surface area contributed by atoms with Crippen LogP contribution in [0.3, 0.4) is 0 Å². The molecule has 20 heavy (non-hydrogen) atoms. The maximum absolute atomic E-state index is 12.3. The highest BCUT2D eigenvalue weighted by molar-refractivity contribution is 7.73. The van der Waals surface area contributed by atoms with Crippen LogP contribution < -0.4 is 10.3 Å². The van der Waals surface area contributed by atoms with Crippen LogP contribution in [0.25, 0.3) is 16.2 Å². The fourth-order valence-electron chi connectivity index (χ4n) is 1.79. The van der Waals surface area contributed by atoms with E-state index in [0.717, 1.165) is 5.75 Å². The first-order chi connectivity index (χ1) is 9.69. The first kappa shape index (κ1) is 12.9. The van der Waals surface area contributed by atoms with Crippen LogP contribution in [0.1, 0.15) is 6.92 Å². The fourth-order valence-corrected chi connectivity index (χ4v) is 2.71. The number of rotatable bonds is 3. The van der Waals surface area contributed by atoms with Gasteiger partial charge in [0.05, 0.1) is 6.61 Å². The van der Waals surface area contributed by atoms with Crippen molar-refractivity contribution in [3.05, 3.63) is 38.6 Å². The molecule has 2 aromatic heterocycles. The molecule has 1 aromatic carbocycles. The van der Waals surface area contributed by atoms with Crippen LogP contribution in [-0.4, -0.2) is 26.4 Å². The van der Waals surface area contributed by atoms with Gasteiger partial charge in [-0.1, -0.05) is 11.3 Å². The van der Waals surface area contributed by atoms with Gasteiger partial charge in [-0.2, -0.15) is 4.52 Å². The smallest absolute Gasteiger partial charge is 0.300 e. The predicted molar refractivity (Wildman–Crippen MR) is 78.9 cm³/mol. The quantitative estimate of drug-likeness (QED) is 0.752. The summed E-state index contributed by atoms with van der Waals surface area (Å²) < 4.78 is 7.16. The third-order valence-corrected chi connectivity index (χ3v) is 3.72. The fraction of sp³-hybridized carbons (Fsp3) is 0.167. The molecule has 0 spiro atoms. The summed E-state index contributed by atoms with van der Waals surface area (Å²) >= 11 is 6.21. The lowest BCUT2D eigenvalue weighted by molar-refractivity contribution is 0.340. The predicted octanol–water partition coefficient (Wildman–Crippen LogP) is 2.27. The molecule has 0 aliphatic heterocycles. The molecule has 3 rings (SSSR count). The molecular formula is C12H10N4O2S2. The summed E-state index contributed by atoms with van der Waals surface area (Å²) in [6.07, 6.45) is 0. The Hall–Kier alpha value is -2.06. The van der Waals surface area contributed by atoms with Crippen molar-refractivity contribution in [3.63, 3.8) is 0 Å². The molecule has 8 heteroatoms. The Morgan fingerprint density at radius 3 is 2.80 bits per heavy atom. The SMILES string of the molecule is CCOc1ccc(-c2nnc3sc(=S)[nH]n3c2=O)cc1. The van der Waals surface area contributed by atoms with Gasteiger partial charge in [-0.25, -0.2) is 0 Å². The molecule has 2 heterocycles. The van der Waals surface area contributed by atoms with Gasteiger partial charge in [-0.15, -0.1) is 10.2 Å². The Kier molecular flexibility index (Phi) is 3.33. The molecule has 0 aliphatic carbocycles. The summed E-state index contributed by atoms with van der Waals surface area (Å²) in [6, 6.07) is 7.16. The minimum absolute atomic E-state index is 0.272. The number of hydrogen-bond acceptors (Lipinski definition) is 6. The maximum atomic E-state index is 12.3. The van der Waals surface area contributed by atoms with E-state index in [9.17, 15) is 4.79 Å².